The lowest BCUT2D eigenvalue weighted by molar-refractivity contribution is -0.131. The maximum absolute atomic E-state index is 12.8. The van der Waals surface area contributed by atoms with E-state index >= 15 is 0 Å². The Labute approximate surface area is 209 Å². The first-order valence-electron chi connectivity index (χ1n) is 10.8. The molecule has 2 N–H and O–H groups in total. The Kier molecular flexibility index (Phi) is 7.82. The molecule has 2 aromatic rings. The highest BCUT2D eigenvalue weighted by Gasteiger charge is 2.44. The Morgan fingerprint density at radius 1 is 1.14 bits per heavy atom. The van der Waals surface area contributed by atoms with E-state index in [2.05, 4.69) is 11.8 Å². The molecule has 1 aliphatic rings. The predicted octanol–water partition coefficient (Wildman–Crippen LogP) is 0.794. The SMILES string of the molecule is C[C@@](CCN1Cc2cc(C#Cc3ccc(OCCS(C)(=O)=O)cc3)cn2C1=O)(C(=O)NO)S(C)(=O)=O. The summed E-state index contributed by atoms with van der Waals surface area (Å²) in [6, 6.07) is 8.24. The fraction of sp³-hybridized carbons (Fsp3) is 0.391. The van der Waals surface area contributed by atoms with Gasteiger partial charge in [-0.2, -0.15) is 0 Å². The van der Waals surface area contributed by atoms with Crippen LogP contribution in [0.15, 0.2) is 36.5 Å². The number of amides is 2. The number of hydrogen-bond acceptors (Lipinski definition) is 8. The molecule has 0 unspecified atom stereocenters. The first-order chi connectivity index (χ1) is 16.7. The van der Waals surface area contributed by atoms with Gasteiger partial charge in [-0.15, -0.1) is 0 Å². The van der Waals surface area contributed by atoms with Gasteiger partial charge in [-0.1, -0.05) is 11.8 Å². The molecule has 0 spiro atoms. The van der Waals surface area contributed by atoms with Gasteiger partial charge < -0.3 is 9.64 Å². The molecule has 36 heavy (non-hydrogen) atoms. The van der Waals surface area contributed by atoms with E-state index in [0.717, 1.165) is 12.5 Å². The quantitative estimate of drug-likeness (QED) is 0.271. The highest BCUT2D eigenvalue weighted by Crippen LogP contribution is 2.25. The van der Waals surface area contributed by atoms with E-state index in [1.54, 1.807) is 36.5 Å². The molecule has 2 amide bonds. The molecule has 11 nitrogen and oxygen atoms in total. The molecular formula is C23H27N3O8S2. The molecule has 1 aromatic heterocycles. The first kappa shape index (κ1) is 27.3. The third-order valence-electron chi connectivity index (χ3n) is 5.92. The minimum absolute atomic E-state index is 0.00286. The molecular weight excluding hydrogens is 510 g/mol. The van der Waals surface area contributed by atoms with Crippen molar-refractivity contribution in [2.75, 3.05) is 31.4 Å². The van der Waals surface area contributed by atoms with Crippen LogP contribution in [-0.4, -0.2) is 79.6 Å². The smallest absolute Gasteiger partial charge is 0.328 e. The van der Waals surface area contributed by atoms with Crippen molar-refractivity contribution in [3.8, 4) is 17.6 Å². The Morgan fingerprint density at radius 3 is 2.33 bits per heavy atom. The van der Waals surface area contributed by atoms with Crippen LogP contribution < -0.4 is 10.2 Å². The molecule has 0 aliphatic carbocycles. The number of hydrogen-bond donors (Lipinski definition) is 2. The van der Waals surface area contributed by atoms with Crippen molar-refractivity contribution in [1.82, 2.24) is 14.9 Å². The first-order valence-corrected chi connectivity index (χ1v) is 14.8. The fourth-order valence-electron chi connectivity index (χ4n) is 3.49. The summed E-state index contributed by atoms with van der Waals surface area (Å²) in [5.74, 6) is 5.38. The summed E-state index contributed by atoms with van der Waals surface area (Å²) in [7, 11) is -6.95. The van der Waals surface area contributed by atoms with Crippen LogP contribution in [0.25, 0.3) is 0 Å². The Bertz CT molecular complexity index is 1430. The lowest BCUT2D eigenvalue weighted by atomic mass is 10.1. The van der Waals surface area contributed by atoms with Crippen LogP contribution in [0.3, 0.4) is 0 Å². The summed E-state index contributed by atoms with van der Waals surface area (Å²) in [6.07, 6.45) is 3.45. The van der Waals surface area contributed by atoms with Gasteiger partial charge in [0, 0.05) is 42.1 Å². The molecule has 13 heteroatoms. The number of benzene rings is 1. The molecule has 0 saturated heterocycles. The normalized spacial score (nSPS) is 15.0. The largest absolute Gasteiger partial charge is 0.493 e. The standard InChI is InChI=1S/C23H27N3O8S2/c1-23(21(27)24-29,36(3,32)33)10-11-25-16-19-14-18(15-26(19)22(25)28)5-4-17-6-8-20(9-7-17)34-12-13-35(2,30)31/h6-9,14-15,29H,10-13,16H2,1-3H3,(H,24,27)/t23-/m1/s1. The maximum atomic E-state index is 12.8. The van der Waals surface area contributed by atoms with E-state index < -0.39 is 30.3 Å². The van der Waals surface area contributed by atoms with Crippen molar-refractivity contribution in [3.63, 3.8) is 0 Å². The molecule has 0 radical (unpaired) electrons. The topological polar surface area (TPSA) is 152 Å². The van der Waals surface area contributed by atoms with Gasteiger partial charge in [0.25, 0.3) is 5.91 Å². The second-order valence-electron chi connectivity index (χ2n) is 8.74. The molecule has 0 fully saturated rings. The predicted molar refractivity (Wildman–Crippen MR) is 131 cm³/mol. The van der Waals surface area contributed by atoms with Gasteiger partial charge in [0.1, 0.15) is 12.4 Å². The monoisotopic (exact) mass is 537 g/mol. The summed E-state index contributed by atoms with van der Waals surface area (Å²) < 4.78 is 51.5. The van der Waals surface area contributed by atoms with E-state index in [0.29, 0.717) is 22.6 Å². The molecule has 1 aliphatic heterocycles. The summed E-state index contributed by atoms with van der Waals surface area (Å²) >= 11 is 0. The zero-order chi connectivity index (χ0) is 26.7. The summed E-state index contributed by atoms with van der Waals surface area (Å²) in [6.45, 7) is 1.49. The lowest BCUT2D eigenvalue weighted by Gasteiger charge is -2.27. The van der Waals surface area contributed by atoms with Crippen LogP contribution in [-0.2, 0) is 31.0 Å². The zero-order valence-corrected chi connectivity index (χ0v) is 21.6. The van der Waals surface area contributed by atoms with Crippen LogP contribution in [0.1, 0.15) is 30.2 Å². The zero-order valence-electron chi connectivity index (χ0n) is 20.0. The Morgan fingerprint density at radius 2 is 1.78 bits per heavy atom. The highest BCUT2D eigenvalue weighted by molar-refractivity contribution is 7.92. The lowest BCUT2D eigenvalue weighted by Crippen LogP contribution is -2.50. The number of sulfone groups is 2. The Hall–Kier alpha value is -3.34. The van der Waals surface area contributed by atoms with E-state index in [-0.39, 0.29) is 37.9 Å². The number of nitrogens with one attached hydrogen (secondary N) is 1. The summed E-state index contributed by atoms with van der Waals surface area (Å²) in [5, 5.41) is 8.94. The van der Waals surface area contributed by atoms with Crippen LogP contribution in [0, 0.1) is 11.8 Å². The van der Waals surface area contributed by atoms with Gasteiger partial charge in [0.05, 0.1) is 12.3 Å². The van der Waals surface area contributed by atoms with Crippen molar-refractivity contribution in [2.24, 2.45) is 0 Å². The highest BCUT2D eigenvalue weighted by atomic mass is 32.2. The van der Waals surface area contributed by atoms with Crippen molar-refractivity contribution in [1.29, 1.82) is 0 Å². The van der Waals surface area contributed by atoms with Gasteiger partial charge in [0.2, 0.25) is 0 Å². The molecule has 1 atom stereocenters. The number of ether oxygens (including phenoxy) is 1. The van der Waals surface area contributed by atoms with Gasteiger partial charge >= 0.3 is 6.03 Å². The van der Waals surface area contributed by atoms with E-state index in [9.17, 15) is 26.4 Å². The van der Waals surface area contributed by atoms with Crippen LogP contribution in [0.5, 0.6) is 5.75 Å². The molecule has 0 bridgehead atoms. The number of aromatic nitrogens is 1. The van der Waals surface area contributed by atoms with Crippen LogP contribution in [0.4, 0.5) is 4.79 Å². The second kappa shape index (κ2) is 10.3. The van der Waals surface area contributed by atoms with Crippen molar-refractivity contribution in [2.45, 2.75) is 24.6 Å². The fourth-order valence-corrected chi connectivity index (χ4v) is 4.72. The van der Waals surface area contributed by atoms with E-state index in [1.165, 1.54) is 21.9 Å². The minimum atomic E-state index is -3.86. The minimum Gasteiger partial charge on any atom is -0.493 e. The molecule has 194 valence electrons. The average molecular weight is 538 g/mol. The molecule has 3 rings (SSSR count). The van der Waals surface area contributed by atoms with Gasteiger partial charge in [0.15, 0.2) is 24.4 Å². The average Bonchev–Trinajstić information content (AvgIpc) is 3.33. The number of hydroxylamine groups is 1. The summed E-state index contributed by atoms with van der Waals surface area (Å²) in [5.41, 5.74) is 3.38. The molecule has 1 aromatic carbocycles. The van der Waals surface area contributed by atoms with Crippen LogP contribution >= 0.6 is 0 Å². The van der Waals surface area contributed by atoms with Gasteiger partial charge in [-0.3, -0.25) is 14.6 Å². The second-order valence-corrected chi connectivity index (χ2v) is 13.4. The Balaban J connectivity index is 1.62. The third-order valence-corrected chi connectivity index (χ3v) is 8.85. The van der Waals surface area contributed by atoms with Gasteiger partial charge in [-0.05, 0) is 43.7 Å². The van der Waals surface area contributed by atoms with E-state index in [1.807, 2.05) is 0 Å². The number of rotatable bonds is 9. The van der Waals surface area contributed by atoms with Gasteiger partial charge in [-0.25, -0.2) is 27.1 Å². The maximum Gasteiger partial charge on any atom is 0.328 e. The number of nitrogens with zero attached hydrogens (tertiary/aromatic N) is 2. The molecule has 0 saturated carbocycles. The number of carbonyl (C=O) groups excluding carboxylic acids is 2. The number of fused-ring (bicyclic) bond motifs is 1. The van der Waals surface area contributed by atoms with Crippen molar-refractivity contribution in [3.05, 3.63) is 53.3 Å². The number of carbonyl (C=O) groups is 2. The third kappa shape index (κ3) is 6.26. The van der Waals surface area contributed by atoms with Crippen molar-refractivity contribution < 1.29 is 36.4 Å². The summed E-state index contributed by atoms with van der Waals surface area (Å²) in [4.78, 5) is 26.2. The van der Waals surface area contributed by atoms with Crippen LogP contribution in [0.2, 0.25) is 0 Å². The van der Waals surface area contributed by atoms with E-state index in [4.69, 9.17) is 9.94 Å². The molecule has 2 heterocycles. The van der Waals surface area contributed by atoms with Crippen molar-refractivity contribution >= 4 is 31.6 Å².